The number of aliphatic carboxylic acids is 1. The first-order valence-corrected chi connectivity index (χ1v) is 3.23. The molecule has 0 radical (unpaired) electrons. The van der Waals surface area contributed by atoms with Crippen LogP contribution < -0.4 is 5.73 Å². The van der Waals surface area contributed by atoms with Gasteiger partial charge in [0.25, 0.3) is 0 Å². The number of hydrogen-bond donors (Lipinski definition) is 2. The molecule has 0 rings (SSSR count). The molecule has 3 N–H and O–H groups in total. The van der Waals surface area contributed by atoms with E-state index in [1.54, 1.807) is 19.9 Å². The van der Waals surface area contributed by atoms with E-state index >= 15 is 0 Å². The monoisotopic (exact) mass is 171 g/mol. The van der Waals surface area contributed by atoms with E-state index in [1.807, 2.05) is 0 Å². The number of rotatable bonds is 2. The molecular formula is C8H13NO3. The van der Waals surface area contributed by atoms with Crippen molar-refractivity contribution in [2.24, 2.45) is 5.73 Å². The highest BCUT2D eigenvalue weighted by molar-refractivity contribution is 5.85. The number of primary amides is 1. The molecule has 0 spiro atoms. The van der Waals surface area contributed by atoms with Gasteiger partial charge in [-0.25, -0.2) is 4.79 Å². The van der Waals surface area contributed by atoms with Crippen LogP contribution in [0.5, 0.6) is 0 Å². The van der Waals surface area contributed by atoms with Crippen LogP contribution in [-0.4, -0.2) is 17.0 Å². The molecule has 0 heterocycles. The summed E-state index contributed by atoms with van der Waals surface area (Å²) in [5.74, 6) is -1.33. The Hall–Kier alpha value is -1.58. The van der Waals surface area contributed by atoms with Gasteiger partial charge in [-0.15, -0.1) is 0 Å². The van der Waals surface area contributed by atoms with Gasteiger partial charge in [-0.05, 0) is 19.9 Å². The van der Waals surface area contributed by atoms with Crippen molar-refractivity contribution >= 4 is 11.9 Å². The second kappa shape index (κ2) is 7.53. The van der Waals surface area contributed by atoms with Gasteiger partial charge in [-0.1, -0.05) is 12.7 Å². The zero-order chi connectivity index (χ0) is 10.1. The van der Waals surface area contributed by atoms with Crippen LogP contribution in [0.4, 0.5) is 0 Å². The lowest BCUT2D eigenvalue weighted by Crippen LogP contribution is -2.04. The van der Waals surface area contributed by atoms with Crippen molar-refractivity contribution in [2.45, 2.75) is 13.8 Å². The highest BCUT2D eigenvalue weighted by atomic mass is 16.4. The third-order valence-electron chi connectivity index (χ3n) is 0.972. The van der Waals surface area contributed by atoms with Gasteiger partial charge >= 0.3 is 5.97 Å². The minimum Gasteiger partial charge on any atom is -0.478 e. The van der Waals surface area contributed by atoms with Crippen LogP contribution in [0.15, 0.2) is 24.3 Å². The minimum absolute atomic E-state index is 0.389. The Morgan fingerprint density at radius 3 is 1.83 bits per heavy atom. The van der Waals surface area contributed by atoms with Crippen molar-refractivity contribution in [3.8, 4) is 0 Å². The molecule has 0 atom stereocenters. The second-order valence-corrected chi connectivity index (χ2v) is 1.88. The lowest BCUT2D eigenvalue weighted by molar-refractivity contribution is -0.132. The molecule has 0 aliphatic heterocycles. The summed E-state index contributed by atoms with van der Waals surface area (Å²) in [6, 6.07) is 0. The summed E-state index contributed by atoms with van der Waals surface area (Å²) in [6.45, 7) is 6.34. The first kappa shape index (κ1) is 13.0. The summed E-state index contributed by atoms with van der Waals surface area (Å²) < 4.78 is 0. The van der Waals surface area contributed by atoms with E-state index in [4.69, 9.17) is 5.11 Å². The Morgan fingerprint density at radius 2 is 1.83 bits per heavy atom. The maximum atomic E-state index is 9.86. The first-order valence-electron chi connectivity index (χ1n) is 3.23. The van der Waals surface area contributed by atoms with Gasteiger partial charge < -0.3 is 10.8 Å². The van der Waals surface area contributed by atoms with E-state index in [1.165, 1.54) is 0 Å². The van der Waals surface area contributed by atoms with Crippen molar-refractivity contribution in [3.05, 3.63) is 24.3 Å². The molecule has 4 nitrogen and oxygen atoms in total. The van der Waals surface area contributed by atoms with Gasteiger partial charge in [0.2, 0.25) is 5.91 Å². The lowest BCUT2D eigenvalue weighted by atomic mass is 10.3. The van der Waals surface area contributed by atoms with Gasteiger partial charge in [0.15, 0.2) is 0 Å². The molecule has 0 unspecified atom stereocenters. The molecule has 0 saturated heterocycles. The Balaban J connectivity index is 0. The number of allylic oxidation sites excluding steroid dienone is 1. The van der Waals surface area contributed by atoms with E-state index in [0.29, 0.717) is 5.57 Å². The van der Waals surface area contributed by atoms with E-state index in [9.17, 15) is 9.59 Å². The Labute approximate surface area is 71.4 Å². The average Bonchev–Trinajstić information content (AvgIpc) is 2.04. The predicted molar refractivity (Wildman–Crippen MR) is 46.5 cm³/mol. The van der Waals surface area contributed by atoms with Gasteiger partial charge in [0.1, 0.15) is 0 Å². The smallest absolute Gasteiger partial charge is 0.330 e. The molecule has 1 amide bonds. The number of carboxylic acid groups (broad SMARTS) is 1. The Kier molecular flexibility index (Phi) is 8.18. The molecule has 0 aliphatic carbocycles. The summed E-state index contributed by atoms with van der Waals surface area (Å²) in [7, 11) is 0. The topological polar surface area (TPSA) is 80.4 Å². The molecule has 0 aromatic carbocycles. The fourth-order valence-electron chi connectivity index (χ4n) is 0.123. The minimum atomic E-state index is -0.845. The van der Waals surface area contributed by atoms with E-state index in [-0.39, 0.29) is 0 Å². The number of carbonyl (C=O) groups excluding carboxylic acids is 1. The van der Waals surface area contributed by atoms with Crippen LogP contribution in [0, 0.1) is 0 Å². The van der Waals surface area contributed by atoms with Gasteiger partial charge in [0, 0.05) is 5.57 Å². The lowest BCUT2D eigenvalue weighted by Gasteiger charge is -1.84. The molecule has 12 heavy (non-hydrogen) atoms. The van der Waals surface area contributed by atoms with E-state index in [0.717, 1.165) is 6.08 Å². The largest absolute Gasteiger partial charge is 0.478 e. The molecule has 0 aromatic rings. The summed E-state index contributed by atoms with van der Waals surface area (Å²) in [5.41, 5.74) is 4.92. The van der Waals surface area contributed by atoms with Crippen molar-refractivity contribution in [1.29, 1.82) is 0 Å². The van der Waals surface area contributed by atoms with Crippen LogP contribution in [-0.2, 0) is 9.59 Å². The molecule has 0 aromatic heterocycles. The average molecular weight is 171 g/mol. The quantitative estimate of drug-likeness (QED) is 0.600. The molecule has 0 bridgehead atoms. The highest BCUT2D eigenvalue weighted by Gasteiger charge is 1.93. The Bertz CT molecular complexity index is 206. The standard InChI is InChI=1S/C5H8O2.C3H5NO/c1-3-4(2)5(6)7;1-2-3(4)5/h3H,1-2H3,(H,6,7);2H,1H2,(H2,4,5). The third-order valence-corrected chi connectivity index (χ3v) is 0.972. The number of carbonyl (C=O) groups is 2. The zero-order valence-corrected chi connectivity index (χ0v) is 7.20. The van der Waals surface area contributed by atoms with Gasteiger partial charge in [-0.2, -0.15) is 0 Å². The van der Waals surface area contributed by atoms with Crippen molar-refractivity contribution in [2.75, 3.05) is 0 Å². The maximum absolute atomic E-state index is 9.86. The molecular weight excluding hydrogens is 158 g/mol. The van der Waals surface area contributed by atoms with Crippen LogP contribution in [0.1, 0.15) is 13.8 Å². The number of carboxylic acids is 1. The normalized spacial score (nSPS) is 9.33. The summed E-state index contributed by atoms with van der Waals surface area (Å²) in [4.78, 5) is 19.3. The van der Waals surface area contributed by atoms with E-state index in [2.05, 4.69) is 12.3 Å². The fourth-order valence-corrected chi connectivity index (χ4v) is 0.123. The van der Waals surface area contributed by atoms with Crippen LogP contribution in [0.3, 0.4) is 0 Å². The molecule has 4 heteroatoms. The van der Waals surface area contributed by atoms with Crippen LogP contribution >= 0.6 is 0 Å². The Morgan fingerprint density at radius 1 is 1.50 bits per heavy atom. The van der Waals surface area contributed by atoms with E-state index < -0.39 is 11.9 Å². The summed E-state index contributed by atoms with van der Waals surface area (Å²) in [5, 5.41) is 8.11. The van der Waals surface area contributed by atoms with Crippen molar-refractivity contribution in [3.63, 3.8) is 0 Å². The first-order chi connectivity index (χ1) is 5.45. The maximum Gasteiger partial charge on any atom is 0.330 e. The van der Waals surface area contributed by atoms with Crippen LogP contribution in [0.2, 0.25) is 0 Å². The summed E-state index contributed by atoms with van der Waals surface area (Å²) >= 11 is 0. The predicted octanol–water partition coefficient (Wildman–Crippen LogP) is 0.695. The highest BCUT2D eigenvalue weighted by Crippen LogP contribution is 1.87. The summed E-state index contributed by atoms with van der Waals surface area (Å²) in [6.07, 6.45) is 2.61. The third kappa shape index (κ3) is 11.2. The number of nitrogens with two attached hydrogens (primary N) is 1. The number of hydrogen-bond acceptors (Lipinski definition) is 2. The fraction of sp³-hybridized carbons (Fsp3) is 0.250. The molecule has 0 fully saturated rings. The van der Waals surface area contributed by atoms with Crippen LogP contribution in [0.25, 0.3) is 0 Å². The molecule has 68 valence electrons. The molecule has 0 saturated carbocycles. The molecule has 0 aliphatic rings. The number of amides is 1. The van der Waals surface area contributed by atoms with Gasteiger partial charge in [-0.3, -0.25) is 4.79 Å². The van der Waals surface area contributed by atoms with Crippen molar-refractivity contribution in [1.82, 2.24) is 0 Å². The SMILES string of the molecule is C=CC(N)=O.CC=C(C)C(=O)O. The zero-order valence-electron chi connectivity index (χ0n) is 7.20. The van der Waals surface area contributed by atoms with Crippen molar-refractivity contribution < 1.29 is 14.7 Å². The van der Waals surface area contributed by atoms with Gasteiger partial charge in [0.05, 0.1) is 0 Å². The second-order valence-electron chi connectivity index (χ2n) is 1.88.